The fraction of sp³-hybridized carbons (Fsp3) is 0.273. The van der Waals surface area contributed by atoms with Crippen molar-refractivity contribution >= 4 is 45.8 Å². The number of anilines is 1. The zero-order valence-corrected chi connectivity index (χ0v) is 18.8. The number of hydrogen-bond acceptors (Lipinski definition) is 8. The van der Waals surface area contributed by atoms with E-state index in [1.54, 1.807) is 24.3 Å². The van der Waals surface area contributed by atoms with E-state index >= 15 is 0 Å². The van der Waals surface area contributed by atoms with Gasteiger partial charge in [0, 0.05) is 22.9 Å². The van der Waals surface area contributed by atoms with Crippen molar-refractivity contribution in [3.8, 4) is 6.07 Å². The van der Waals surface area contributed by atoms with Crippen molar-refractivity contribution in [1.82, 2.24) is 10.5 Å². The smallest absolute Gasteiger partial charge is 0.407 e. The zero-order valence-electron chi connectivity index (χ0n) is 17.2. The Morgan fingerprint density at radius 1 is 1.47 bits per heavy atom. The number of nitrogens with zero attached hydrogens (tertiary/aromatic N) is 2. The van der Waals surface area contributed by atoms with Gasteiger partial charge in [0.25, 0.3) is 0 Å². The second-order valence-corrected chi connectivity index (χ2v) is 9.13. The SMILES string of the molecule is Cc1nocc1CNC(=O)OC1CCc2c(sc(NC(=O)/C=C/c3ccsc3)c2C#N)C1. The molecule has 3 heterocycles. The Labute approximate surface area is 192 Å². The van der Waals surface area contributed by atoms with Crippen LogP contribution in [0.4, 0.5) is 9.80 Å². The van der Waals surface area contributed by atoms with E-state index in [2.05, 4.69) is 21.9 Å². The number of aryl methyl sites for hydroxylation is 1. The molecule has 2 amide bonds. The minimum absolute atomic E-state index is 0.277. The highest BCUT2D eigenvalue weighted by molar-refractivity contribution is 7.16. The fourth-order valence-corrected chi connectivity index (χ4v) is 5.29. The van der Waals surface area contributed by atoms with Crippen LogP contribution in [0.2, 0.25) is 0 Å². The van der Waals surface area contributed by atoms with Crippen LogP contribution in [-0.4, -0.2) is 23.3 Å². The lowest BCUT2D eigenvalue weighted by atomic mass is 9.94. The molecule has 164 valence electrons. The van der Waals surface area contributed by atoms with Crippen molar-refractivity contribution in [2.75, 3.05) is 5.32 Å². The van der Waals surface area contributed by atoms with Crippen LogP contribution >= 0.6 is 22.7 Å². The topological polar surface area (TPSA) is 117 Å². The van der Waals surface area contributed by atoms with Crippen LogP contribution in [-0.2, 0) is 28.9 Å². The van der Waals surface area contributed by atoms with Crippen molar-refractivity contribution in [2.45, 2.75) is 38.8 Å². The maximum Gasteiger partial charge on any atom is 0.407 e. The number of nitrogens with one attached hydrogen (secondary N) is 2. The van der Waals surface area contributed by atoms with Gasteiger partial charge in [-0.1, -0.05) is 5.16 Å². The Balaban J connectivity index is 1.36. The normalized spacial score (nSPS) is 15.2. The molecule has 0 saturated carbocycles. The first-order chi connectivity index (χ1) is 15.5. The summed E-state index contributed by atoms with van der Waals surface area (Å²) in [5.74, 6) is -0.289. The largest absolute Gasteiger partial charge is 0.446 e. The van der Waals surface area contributed by atoms with Gasteiger partial charge in [0.15, 0.2) is 0 Å². The molecule has 3 aromatic heterocycles. The number of hydrogen-bond donors (Lipinski definition) is 2. The second-order valence-electron chi connectivity index (χ2n) is 7.25. The molecule has 1 aliphatic rings. The molecular formula is C22H20N4O4S2. The van der Waals surface area contributed by atoms with Gasteiger partial charge in [-0.2, -0.15) is 16.6 Å². The highest BCUT2D eigenvalue weighted by Crippen LogP contribution is 2.38. The van der Waals surface area contributed by atoms with Crippen LogP contribution in [0.5, 0.6) is 0 Å². The van der Waals surface area contributed by atoms with Gasteiger partial charge in [0.1, 0.15) is 23.4 Å². The molecule has 0 aliphatic heterocycles. The Hall–Kier alpha value is -3.42. The summed E-state index contributed by atoms with van der Waals surface area (Å²) in [6.07, 6.45) is 5.60. The molecule has 10 heteroatoms. The Kier molecular flexibility index (Phi) is 6.68. The van der Waals surface area contributed by atoms with E-state index in [0.717, 1.165) is 27.3 Å². The summed E-state index contributed by atoms with van der Waals surface area (Å²) in [6, 6.07) is 4.13. The highest BCUT2D eigenvalue weighted by atomic mass is 32.1. The predicted molar refractivity (Wildman–Crippen MR) is 121 cm³/mol. The quantitative estimate of drug-likeness (QED) is 0.518. The first-order valence-corrected chi connectivity index (χ1v) is 11.7. The number of rotatable bonds is 6. The molecule has 0 fully saturated rings. The zero-order chi connectivity index (χ0) is 22.5. The molecule has 4 rings (SSSR count). The van der Waals surface area contributed by atoms with Gasteiger partial charge in [-0.25, -0.2) is 4.79 Å². The van der Waals surface area contributed by atoms with E-state index in [4.69, 9.17) is 9.26 Å². The number of carbonyl (C=O) groups is 2. The van der Waals surface area contributed by atoms with E-state index in [1.165, 1.54) is 23.7 Å². The molecule has 0 saturated heterocycles. The van der Waals surface area contributed by atoms with Gasteiger partial charge < -0.3 is 19.9 Å². The van der Waals surface area contributed by atoms with E-state index in [9.17, 15) is 14.9 Å². The minimum atomic E-state index is -0.511. The average Bonchev–Trinajstić information content (AvgIpc) is 3.50. The van der Waals surface area contributed by atoms with Crippen LogP contribution < -0.4 is 10.6 Å². The highest BCUT2D eigenvalue weighted by Gasteiger charge is 2.28. The molecule has 32 heavy (non-hydrogen) atoms. The van der Waals surface area contributed by atoms with E-state index in [0.29, 0.717) is 29.8 Å². The fourth-order valence-electron chi connectivity index (χ4n) is 3.40. The van der Waals surface area contributed by atoms with Crippen LogP contribution in [0.3, 0.4) is 0 Å². The third kappa shape index (κ3) is 5.07. The number of fused-ring (bicyclic) bond motifs is 1. The van der Waals surface area contributed by atoms with Crippen molar-refractivity contribution in [2.24, 2.45) is 0 Å². The predicted octanol–water partition coefficient (Wildman–Crippen LogP) is 4.41. The van der Waals surface area contributed by atoms with Gasteiger partial charge in [-0.15, -0.1) is 11.3 Å². The van der Waals surface area contributed by atoms with Gasteiger partial charge >= 0.3 is 6.09 Å². The summed E-state index contributed by atoms with van der Waals surface area (Å²) >= 11 is 2.92. The molecule has 1 aliphatic carbocycles. The second kappa shape index (κ2) is 9.80. The van der Waals surface area contributed by atoms with Gasteiger partial charge in [-0.3, -0.25) is 4.79 Å². The van der Waals surface area contributed by atoms with E-state index in [-0.39, 0.29) is 18.6 Å². The molecule has 0 spiro atoms. The number of nitriles is 1. The third-order valence-corrected chi connectivity index (χ3v) is 6.96. The summed E-state index contributed by atoms with van der Waals surface area (Å²) in [7, 11) is 0. The van der Waals surface area contributed by atoms with Crippen LogP contribution in [0.1, 0.15) is 39.2 Å². The number of amides is 2. The molecule has 1 atom stereocenters. The molecule has 0 bridgehead atoms. The van der Waals surface area contributed by atoms with E-state index < -0.39 is 6.09 Å². The Bertz CT molecular complexity index is 1190. The number of alkyl carbamates (subject to hydrolysis) is 1. The van der Waals surface area contributed by atoms with Crippen molar-refractivity contribution < 1.29 is 18.8 Å². The van der Waals surface area contributed by atoms with Gasteiger partial charge in [0.05, 0.1) is 17.8 Å². The maximum atomic E-state index is 12.3. The summed E-state index contributed by atoms with van der Waals surface area (Å²) in [6.45, 7) is 2.07. The first kappa shape index (κ1) is 21.8. The lowest BCUT2D eigenvalue weighted by molar-refractivity contribution is -0.111. The van der Waals surface area contributed by atoms with Gasteiger partial charge in [-0.05, 0) is 53.8 Å². The Morgan fingerprint density at radius 3 is 3.06 bits per heavy atom. The van der Waals surface area contributed by atoms with E-state index in [1.807, 2.05) is 16.8 Å². The molecule has 2 N–H and O–H groups in total. The third-order valence-electron chi connectivity index (χ3n) is 5.09. The van der Waals surface area contributed by atoms with Crippen LogP contribution in [0.15, 0.2) is 33.7 Å². The summed E-state index contributed by atoms with van der Waals surface area (Å²) in [4.78, 5) is 25.4. The molecule has 8 nitrogen and oxygen atoms in total. The van der Waals surface area contributed by atoms with Crippen molar-refractivity contribution in [1.29, 1.82) is 5.26 Å². The number of thiophene rings is 2. The molecule has 0 aromatic carbocycles. The van der Waals surface area contributed by atoms with Crippen molar-refractivity contribution in [3.63, 3.8) is 0 Å². The lowest BCUT2D eigenvalue weighted by Crippen LogP contribution is -2.31. The maximum absolute atomic E-state index is 12.3. The van der Waals surface area contributed by atoms with Gasteiger partial charge in [0.2, 0.25) is 5.91 Å². The lowest BCUT2D eigenvalue weighted by Gasteiger charge is -2.22. The molecule has 0 radical (unpaired) electrons. The standard InChI is InChI=1S/C22H20N4O4S2/c1-13-15(11-29-26-13)10-24-22(28)30-16-3-4-17-18(9-23)21(32-19(17)8-16)25-20(27)5-2-14-6-7-31-12-14/h2,5-7,11-12,16H,3-4,8,10H2,1H3,(H,24,28)(H,25,27)/b5-2+. The Morgan fingerprint density at radius 2 is 2.34 bits per heavy atom. The number of carbonyl (C=O) groups excluding carboxylic acids is 2. The molecule has 3 aromatic rings. The summed E-state index contributed by atoms with van der Waals surface area (Å²) in [5, 5.41) is 23.3. The van der Waals surface area contributed by atoms with Crippen LogP contribution in [0, 0.1) is 18.3 Å². The average molecular weight is 469 g/mol. The summed E-state index contributed by atoms with van der Waals surface area (Å²) < 4.78 is 10.4. The van der Waals surface area contributed by atoms with Crippen LogP contribution in [0.25, 0.3) is 6.08 Å². The molecular weight excluding hydrogens is 448 g/mol. The monoisotopic (exact) mass is 468 g/mol. The molecule has 1 unspecified atom stereocenters. The van der Waals surface area contributed by atoms with Crippen molar-refractivity contribution in [3.05, 3.63) is 62.0 Å². The number of ether oxygens (including phenoxy) is 1. The summed E-state index contributed by atoms with van der Waals surface area (Å²) in [5.41, 5.74) is 3.88. The first-order valence-electron chi connectivity index (χ1n) is 9.93. The number of aromatic nitrogens is 1. The minimum Gasteiger partial charge on any atom is -0.446 e.